The molecule has 94 valence electrons. The van der Waals surface area contributed by atoms with E-state index in [1.54, 1.807) is 18.2 Å². The second-order valence-corrected chi connectivity index (χ2v) is 3.51. The van der Waals surface area contributed by atoms with Gasteiger partial charge in [-0.25, -0.2) is 4.79 Å². The number of carbonyl (C=O) groups is 1. The fraction of sp³-hybridized carbons (Fsp3) is 0.167. The summed E-state index contributed by atoms with van der Waals surface area (Å²) in [5, 5.41) is 10.9. The molecule has 0 fully saturated rings. The Morgan fingerprint density at radius 3 is 3.21 bits per heavy atom. The van der Waals surface area contributed by atoms with Crippen LogP contribution in [0, 0.1) is 11.8 Å². The molecule has 0 aliphatic heterocycles. The number of aromatic nitrogens is 2. The number of methoxy groups -OCH3 is 1. The zero-order valence-electron chi connectivity index (χ0n) is 10.0. The topological polar surface area (TPSA) is 104 Å². The summed E-state index contributed by atoms with van der Waals surface area (Å²) in [5.41, 5.74) is 9.79. The standard InChI is InChI=1S/C12H9N5O2/c1-19-12(18)8-4-5-9-10(3-2-6-14-17-13)15-16-11(9)7-8/h4-5,7H,6H2,1H3,(H,15,16). The molecule has 1 aromatic carbocycles. The van der Waals surface area contributed by atoms with Gasteiger partial charge in [-0.2, -0.15) is 5.10 Å². The molecule has 0 spiro atoms. The van der Waals surface area contributed by atoms with Gasteiger partial charge in [-0.05, 0) is 29.7 Å². The maximum atomic E-state index is 11.4. The lowest BCUT2D eigenvalue weighted by Crippen LogP contribution is -2.00. The van der Waals surface area contributed by atoms with Crippen molar-refractivity contribution in [1.29, 1.82) is 0 Å². The Balaban J connectivity index is 2.36. The molecule has 0 bridgehead atoms. The third-order valence-electron chi connectivity index (χ3n) is 2.40. The van der Waals surface area contributed by atoms with E-state index in [0.717, 1.165) is 5.39 Å². The zero-order valence-corrected chi connectivity index (χ0v) is 10.0. The van der Waals surface area contributed by atoms with Crippen LogP contribution >= 0.6 is 0 Å². The summed E-state index contributed by atoms with van der Waals surface area (Å²) in [7, 11) is 1.32. The number of nitrogens with one attached hydrogen (secondary N) is 1. The van der Waals surface area contributed by atoms with Crippen LogP contribution in [0.2, 0.25) is 0 Å². The fourth-order valence-corrected chi connectivity index (χ4v) is 1.55. The Labute approximate surface area is 108 Å². The van der Waals surface area contributed by atoms with Gasteiger partial charge in [0.15, 0.2) is 0 Å². The number of fused-ring (bicyclic) bond motifs is 1. The number of hydrogen-bond acceptors (Lipinski definition) is 4. The van der Waals surface area contributed by atoms with Crippen molar-refractivity contribution in [2.45, 2.75) is 0 Å². The summed E-state index contributed by atoms with van der Waals surface area (Å²) in [5.74, 6) is 5.10. The molecule has 2 rings (SSSR count). The van der Waals surface area contributed by atoms with Gasteiger partial charge in [0.2, 0.25) is 0 Å². The molecule has 0 aliphatic carbocycles. The van der Waals surface area contributed by atoms with E-state index in [-0.39, 0.29) is 6.54 Å². The number of carbonyl (C=O) groups excluding carboxylic acids is 1. The summed E-state index contributed by atoms with van der Waals surface area (Å²) in [6.07, 6.45) is 0. The van der Waals surface area contributed by atoms with Crippen molar-refractivity contribution in [2.24, 2.45) is 5.11 Å². The van der Waals surface area contributed by atoms with Gasteiger partial charge in [0.1, 0.15) is 5.69 Å². The van der Waals surface area contributed by atoms with Crippen molar-refractivity contribution in [2.75, 3.05) is 13.7 Å². The molecule has 0 saturated heterocycles. The van der Waals surface area contributed by atoms with Crippen molar-refractivity contribution in [3.05, 3.63) is 39.9 Å². The van der Waals surface area contributed by atoms with Crippen LogP contribution in [0.4, 0.5) is 0 Å². The Hall–Kier alpha value is -2.97. The van der Waals surface area contributed by atoms with Crippen molar-refractivity contribution in [3.8, 4) is 11.8 Å². The first-order valence-electron chi connectivity index (χ1n) is 5.32. The van der Waals surface area contributed by atoms with Crippen LogP contribution < -0.4 is 0 Å². The van der Waals surface area contributed by atoms with Gasteiger partial charge in [0.25, 0.3) is 0 Å². The minimum absolute atomic E-state index is 0.0945. The third-order valence-corrected chi connectivity index (χ3v) is 2.40. The van der Waals surface area contributed by atoms with Crippen LogP contribution in [0.5, 0.6) is 0 Å². The first-order chi connectivity index (χ1) is 9.26. The zero-order chi connectivity index (χ0) is 13.7. The number of azide groups is 1. The van der Waals surface area contributed by atoms with Gasteiger partial charge in [-0.1, -0.05) is 11.0 Å². The van der Waals surface area contributed by atoms with E-state index in [1.165, 1.54) is 7.11 Å². The van der Waals surface area contributed by atoms with E-state index in [9.17, 15) is 4.79 Å². The van der Waals surface area contributed by atoms with Crippen molar-refractivity contribution in [1.82, 2.24) is 10.2 Å². The number of aromatic amines is 1. The molecule has 0 radical (unpaired) electrons. The molecule has 0 aliphatic rings. The van der Waals surface area contributed by atoms with Crippen LogP contribution in [0.25, 0.3) is 21.3 Å². The first kappa shape index (κ1) is 12.5. The number of nitrogens with zero attached hydrogens (tertiary/aromatic N) is 4. The minimum Gasteiger partial charge on any atom is -0.465 e. The second-order valence-electron chi connectivity index (χ2n) is 3.51. The maximum absolute atomic E-state index is 11.4. The highest BCUT2D eigenvalue weighted by atomic mass is 16.5. The van der Waals surface area contributed by atoms with E-state index in [0.29, 0.717) is 16.8 Å². The third kappa shape index (κ3) is 2.65. The molecule has 0 atom stereocenters. The summed E-state index contributed by atoms with van der Waals surface area (Å²) in [4.78, 5) is 14.0. The van der Waals surface area contributed by atoms with Gasteiger partial charge in [-0.15, -0.1) is 0 Å². The molecule has 1 N–H and O–H groups in total. The average Bonchev–Trinajstić information content (AvgIpc) is 2.85. The Morgan fingerprint density at radius 2 is 2.47 bits per heavy atom. The van der Waals surface area contributed by atoms with Crippen LogP contribution in [0.3, 0.4) is 0 Å². The summed E-state index contributed by atoms with van der Waals surface area (Å²) in [6, 6.07) is 5.00. The SMILES string of the molecule is COC(=O)c1ccc2c(C#CCN=[N+]=[N-])[nH]nc2c1. The van der Waals surface area contributed by atoms with Gasteiger partial charge in [0.05, 0.1) is 24.7 Å². The largest absolute Gasteiger partial charge is 0.465 e. The molecule has 7 heteroatoms. The molecule has 1 aromatic heterocycles. The lowest BCUT2D eigenvalue weighted by Gasteiger charge is -1.97. The minimum atomic E-state index is -0.416. The normalized spacial score (nSPS) is 9.32. The van der Waals surface area contributed by atoms with E-state index in [1.807, 2.05) is 0 Å². The Kier molecular flexibility index (Phi) is 3.67. The first-order valence-corrected chi connectivity index (χ1v) is 5.32. The van der Waals surface area contributed by atoms with E-state index in [4.69, 9.17) is 5.53 Å². The van der Waals surface area contributed by atoms with Crippen LogP contribution in [0.15, 0.2) is 23.3 Å². The van der Waals surface area contributed by atoms with E-state index >= 15 is 0 Å². The second kappa shape index (κ2) is 5.58. The molecule has 2 aromatic rings. The molecular weight excluding hydrogens is 246 g/mol. The number of benzene rings is 1. The van der Waals surface area contributed by atoms with Crippen molar-refractivity contribution in [3.63, 3.8) is 0 Å². The predicted molar refractivity (Wildman–Crippen MR) is 68.3 cm³/mol. The molecular formula is C12H9N5O2. The van der Waals surface area contributed by atoms with Gasteiger partial charge >= 0.3 is 5.97 Å². The van der Waals surface area contributed by atoms with Gasteiger partial charge in [0, 0.05) is 10.3 Å². The summed E-state index contributed by atoms with van der Waals surface area (Å²) >= 11 is 0. The molecule has 0 saturated carbocycles. The highest BCUT2D eigenvalue weighted by Crippen LogP contribution is 2.17. The molecule has 19 heavy (non-hydrogen) atoms. The number of H-pyrrole nitrogens is 1. The summed E-state index contributed by atoms with van der Waals surface area (Å²) < 4.78 is 4.63. The van der Waals surface area contributed by atoms with Crippen LogP contribution in [-0.4, -0.2) is 29.8 Å². The number of esters is 1. The van der Waals surface area contributed by atoms with E-state index < -0.39 is 5.97 Å². The van der Waals surface area contributed by atoms with Gasteiger partial charge < -0.3 is 4.74 Å². The fourth-order valence-electron chi connectivity index (χ4n) is 1.55. The predicted octanol–water partition coefficient (Wildman–Crippen LogP) is 2.01. The highest BCUT2D eigenvalue weighted by molar-refractivity contribution is 5.95. The van der Waals surface area contributed by atoms with E-state index in [2.05, 4.69) is 36.8 Å². The maximum Gasteiger partial charge on any atom is 0.337 e. The van der Waals surface area contributed by atoms with Crippen molar-refractivity contribution >= 4 is 16.9 Å². The number of rotatable bonds is 2. The van der Waals surface area contributed by atoms with Gasteiger partial charge in [-0.3, -0.25) is 5.10 Å². The summed E-state index contributed by atoms with van der Waals surface area (Å²) in [6.45, 7) is 0.0945. The highest BCUT2D eigenvalue weighted by Gasteiger charge is 2.09. The molecule has 0 amide bonds. The van der Waals surface area contributed by atoms with Crippen LogP contribution in [0.1, 0.15) is 16.1 Å². The van der Waals surface area contributed by atoms with Crippen LogP contribution in [-0.2, 0) is 4.74 Å². The lowest BCUT2D eigenvalue weighted by molar-refractivity contribution is 0.0601. The molecule has 0 unspecified atom stereocenters. The quantitative estimate of drug-likeness (QED) is 0.292. The molecule has 1 heterocycles. The lowest BCUT2D eigenvalue weighted by atomic mass is 10.1. The van der Waals surface area contributed by atoms with Crippen molar-refractivity contribution < 1.29 is 9.53 Å². The monoisotopic (exact) mass is 255 g/mol. The Morgan fingerprint density at radius 1 is 1.63 bits per heavy atom. The number of hydrogen-bond donors (Lipinski definition) is 1. The molecule has 7 nitrogen and oxygen atoms in total. The average molecular weight is 255 g/mol. The number of ether oxygens (including phenoxy) is 1. The Bertz CT molecular complexity index is 731. The smallest absolute Gasteiger partial charge is 0.337 e.